The molecule has 1 amide bonds. The van der Waals surface area contributed by atoms with E-state index in [1.165, 1.54) is 11.2 Å². The quantitative estimate of drug-likeness (QED) is 0.867. The Kier molecular flexibility index (Phi) is 4.46. The molecule has 1 fully saturated rings. The van der Waals surface area contributed by atoms with Gasteiger partial charge in [0.05, 0.1) is 0 Å². The van der Waals surface area contributed by atoms with E-state index in [0.717, 1.165) is 31.4 Å². The van der Waals surface area contributed by atoms with Crippen LogP contribution in [0.15, 0.2) is 30.3 Å². The summed E-state index contributed by atoms with van der Waals surface area (Å²) in [5.41, 5.74) is 0.908. The van der Waals surface area contributed by atoms with Crippen LogP contribution in [0, 0.1) is 0 Å². The van der Waals surface area contributed by atoms with Gasteiger partial charge in [0.25, 0.3) is 0 Å². The van der Waals surface area contributed by atoms with Gasteiger partial charge in [-0.25, -0.2) is 0 Å². The SMILES string of the molecule is CC[C@H]1CCCCN1C(=O)Cn1nnc(-c2ccccc2)n1. The first-order valence-corrected chi connectivity index (χ1v) is 7.90. The normalized spacial score (nSPS) is 18.4. The molecule has 0 saturated carbocycles. The minimum absolute atomic E-state index is 0.0866. The maximum atomic E-state index is 12.5. The van der Waals surface area contributed by atoms with Gasteiger partial charge in [0.2, 0.25) is 11.7 Å². The van der Waals surface area contributed by atoms with Crippen molar-refractivity contribution in [3.8, 4) is 11.4 Å². The summed E-state index contributed by atoms with van der Waals surface area (Å²) in [4.78, 5) is 15.9. The predicted octanol–water partition coefficient (Wildman–Crippen LogP) is 2.13. The van der Waals surface area contributed by atoms with Crippen molar-refractivity contribution >= 4 is 5.91 Å². The van der Waals surface area contributed by atoms with Gasteiger partial charge in [0.1, 0.15) is 6.54 Å². The van der Waals surface area contributed by atoms with Crippen LogP contribution in [-0.4, -0.2) is 43.6 Å². The molecule has 1 aliphatic heterocycles. The fourth-order valence-corrected chi connectivity index (χ4v) is 2.98. The Morgan fingerprint density at radius 2 is 2.09 bits per heavy atom. The highest BCUT2D eigenvalue weighted by Gasteiger charge is 2.25. The monoisotopic (exact) mass is 299 g/mol. The van der Waals surface area contributed by atoms with E-state index >= 15 is 0 Å². The second-order valence-corrected chi connectivity index (χ2v) is 5.65. The zero-order chi connectivity index (χ0) is 15.4. The second-order valence-electron chi connectivity index (χ2n) is 5.65. The number of aromatic nitrogens is 4. The Hall–Kier alpha value is -2.24. The van der Waals surface area contributed by atoms with Crippen LogP contribution in [0.4, 0.5) is 0 Å². The molecule has 3 rings (SSSR count). The minimum atomic E-state index is 0.0866. The van der Waals surface area contributed by atoms with Crippen LogP contribution in [0.2, 0.25) is 0 Å². The summed E-state index contributed by atoms with van der Waals surface area (Å²) in [6.45, 7) is 3.14. The van der Waals surface area contributed by atoms with E-state index in [1.807, 2.05) is 35.2 Å². The van der Waals surface area contributed by atoms with Gasteiger partial charge in [-0.15, -0.1) is 10.2 Å². The number of carbonyl (C=O) groups excluding carboxylic acids is 1. The third kappa shape index (κ3) is 3.16. The molecule has 1 aromatic carbocycles. The Morgan fingerprint density at radius 1 is 1.27 bits per heavy atom. The number of tetrazole rings is 1. The average Bonchev–Trinajstić information content (AvgIpc) is 3.04. The van der Waals surface area contributed by atoms with E-state index in [1.54, 1.807) is 0 Å². The van der Waals surface area contributed by atoms with Crippen molar-refractivity contribution in [1.29, 1.82) is 0 Å². The van der Waals surface area contributed by atoms with Crippen LogP contribution >= 0.6 is 0 Å². The zero-order valence-electron chi connectivity index (χ0n) is 12.9. The molecule has 1 atom stereocenters. The Balaban J connectivity index is 1.68. The van der Waals surface area contributed by atoms with Crippen LogP contribution in [-0.2, 0) is 11.3 Å². The summed E-state index contributed by atoms with van der Waals surface area (Å²) in [5.74, 6) is 0.641. The number of amides is 1. The lowest BCUT2D eigenvalue weighted by Crippen LogP contribution is -2.45. The van der Waals surface area contributed by atoms with Crippen LogP contribution < -0.4 is 0 Å². The van der Waals surface area contributed by atoms with Gasteiger partial charge >= 0.3 is 0 Å². The smallest absolute Gasteiger partial charge is 0.246 e. The highest BCUT2D eigenvalue weighted by molar-refractivity contribution is 5.76. The van der Waals surface area contributed by atoms with Crippen molar-refractivity contribution in [1.82, 2.24) is 25.1 Å². The molecule has 1 aromatic heterocycles. The number of likely N-dealkylation sites (tertiary alicyclic amines) is 1. The van der Waals surface area contributed by atoms with E-state index in [4.69, 9.17) is 0 Å². The molecular weight excluding hydrogens is 278 g/mol. The lowest BCUT2D eigenvalue weighted by atomic mass is 10.00. The van der Waals surface area contributed by atoms with Gasteiger partial charge in [0, 0.05) is 18.2 Å². The van der Waals surface area contributed by atoms with E-state index in [-0.39, 0.29) is 12.5 Å². The van der Waals surface area contributed by atoms with Crippen molar-refractivity contribution in [2.45, 2.75) is 45.2 Å². The molecule has 1 aliphatic rings. The highest BCUT2D eigenvalue weighted by Crippen LogP contribution is 2.20. The summed E-state index contributed by atoms with van der Waals surface area (Å²) in [6.07, 6.45) is 4.40. The van der Waals surface area contributed by atoms with E-state index in [2.05, 4.69) is 22.3 Å². The molecule has 0 radical (unpaired) electrons. The predicted molar refractivity (Wildman–Crippen MR) is 82.9 cm³/mol. The largest absolute Gasteiger partial charge is 0.338 e. The third-order valence-corrected chi connectivity index (χ3v) is 4.18. The summed E-state index contributed by atoms with van der Waals surface area (Å²) < 4.78 is 0. The van der Waals surface area contributed by atoms with E-state index < -0.39 is 0 Å². The van der Waals surface area contributed by atoms with Crippen molar-refractivity contribution in [2.24, 2.45) is 0 Å². The molecule has 6 heteroatoms. The molecule has 0 spiro atoms. The Bertz CT molecular complexity index is 624. The summed E-state index contributed by atoms with van der Waals surface area (Å²) >= 11 is 0. The second kappa shape index (κ2) is 6.68. The minimum Gasteiger partial charge on any atom is -0.338 e. The number of hydrogen-bond donors (Lipinski definition) is 0. The van der Waals surface area contributed by atoms with Gasteiger partial charge in [-0.3, -0.25) is 4.79 Å². The molecule has 2 heterocycles. The number of piperidine rings is 1. The van der Waals surface area contributed by atoms with Crippen LogP contribution in [0.1, 0.15) is 32.6 Å². The fourth-order valence-electron chi connectivity index (χ4n) is 2.98. The summed E-state index contributed by atoms with van der Waals surface area (Å²) in [7, 11) is 0. The van der Waals surface area contributed by atoms with Crippen LogP contribution in [0.25, 0.3) is 11.4 Å². The lowest BCUT2D eigenvalue weighted by Gasteiger charge is -2.35. The Labute approximate surface area is 130 Å². The van der Waals surface area contributed by atoms with Gasteiger partial charge in [-0.05, 0) is 30.9 Å². The summed E-state index contributed by atoms with van der Waals surface area (Å²) in [5, 5.41) is 12.4. The lowest BCUT2D eigenvalue weighted by molar-refractivity contribution is -0.136. The molecule has 0 bridgehead atoms. The number of carbonyl (C=O) groups is 1. The number of rotatable bonds is 4. The number of hydrogen-bond acceptors (Lipinski definition) is 4. The topological polar surface area (TPSA) is 63.9 Å². The molecule has 2 aromatic rings. The van der Waals surface area contributed by atoms with Gasteiger partial charge in [0.15, 0.2) is 0 Å². The first-order valence-electron chi connectivity index (χ1n) is 7.90. The van der Waals surface area contributed by atoms with Gasteiger partial charge in [-0.1, -0.05) is 37.3 Å². The third-order valence-electron chi connectivity index (χ3n) is 4.18. The summed E-state index contributed by atoms with van der Waals surface area (Å²) in [6, 6.07) is 10.0. The van der Waals surface area contributed by atoms with Gasteiger partial charge in [-0.2, -0.15) is 4.80 Å². The molecule has 22 heavy (non-hydrogen) atoms. The highest BCUT2D eigenvalue weighted by atomic mass is 16.2. The van der Waals surface area contributed by atoms with Crippen molar-refractivity contribution < 1.29 is 4.79 Å². The first kappa shape index (κ1) is 14.7. The Morgan fingerprint density at radius 3 is 2.86 bits per heavy atom. The molecule has 0 N–H and O–H groups in total. The fraction of sp³-hybridized carbons (Fsp3) is 0.500. The first-order chi connectivity index (χ1) is 10.8. The van der Waals surface area contributed by atoms with Crippen LogP contribution in [0.3, 0.4) is 0 Å². The van der Waals surface area contributed by atoms with E-state index in [0.29, 0.717) is 11.9 Å². The van der Waals surface area contributed by atoms with Crippen molar-refractivity contribution in [3.63, 3.8) is 0 Å². The van der Waals surface area contributed by atoms with E-state index in [9.17, 15) is 4.79 Å². The van der Waals surface area contributed by atoms with Crippen molar-refractivity contribution in [3.05, 3.63) is 30.3 Å². The average molecular weight is 299 g/mol. The molecule has 0 aliphatic carbocycles. The molecular formula is C16H21N5O. The molecule has 6 nitrogen and oxygen atoms in total. The molecule has 0 unspecified atom stereocenters. The van der Waals surface area contributed by atoms with Gasteiger partial charge < -0.3 is 4.90 Å². The van der Waals surface area contributed by atoms with Crippen molar-refractivity contribution in [2.75, 3.05) is 6.54 Å². The molecule has 116 valence electrons. The maximum absolute atomic E-state index is 12.5. The standard InChI is InChI=1S/C16H21N5O/c1-2-14-10-6-7-11-20(14)15(22)12-21-18-16(17-19-21)13-8-4-3-5-9-13/h3-5,8-9,14H,2,6-7,10-12H2,1H3/t14-/m0/s1. The number of benzene rings is 1. The van der Waals surface area contributed by atoms with Crippen LogP contribution in [0.5, 0.6) is 0 Å². The molecule has 1 saturated heterocycles. The zero-order valence-corrected chi connectivity index (χ0v) is 12.9. The maximum Gasteiger partial charge on any atom is 0.246 e. The number of nitrogens with zero attached hydrogens (tertiary/aromatic N) is 5.